The predicted molar refractivity (Wildman–Crippen MR) is 84.1 cm³/mol. The molecule has 1 amide bonds. The molecule has 2 rings (SSSR count). The standard InChI is InChI=1S/C16H25N3O2/c1-13(16(20)17(2)3)18-9-11-19(12-10-18)14-5-7-15(21-4)8-6-14/h5-8,13H,9-12H2,1-4H3/p+1/t13-/m0/s1. The van der Waals surface area contributed by atoms with Crippen molar-refractivity contribution in [3.05, 3.63) is 24.3 Å². The van der Waals surface area contributed by atoms with E-state index in [-0.39, 0.29) is 11.9 Å². The molecule has 1 aliphatic rings. The average molecular weight is 292 g/mol. The van der Waals surface area contributed by atoms with Crippen LogP contribution in [0.2, 0.25) is 0 Å². The fraction of sp³-hybridized carbons (Fsp3) is 0.562. The molecule has 0 spiro atoms. The van der Waals surface area contributed by atoms with Crippen LogP contribution < -0.4 is 14.5 Å². The number of carbonyl (C=O) groups is 1. The first kappa shape index (κ1) is 15.6. The first-order chi connectivity index (χ1) is 10.0. The molecular weight excluding hydrogens is 266 g/mol. The van der Waals surface area contributed by atoms with Crippen molar-refractivity contribution in [1.29, 1.82) is 0 Å². The average Bonchev–Trinajstić information content (AvgIpc) is 2.53. The van der Waals surface area contributed by atoms with Crippen LogP contribution in [0.3, 0.4) is 0 Å². The number of likely N-dealkylation sites (N-methyl/N-ethyl adjacent to an activating group) is 1. The van der Waals surface area contributed by atoms with E-state index in [4.69, 9.17) is 4.74 Å². The number of carbonyl (C=O) groups excluding carboxylic acids is 1. The summed E-state index contributed by atoms with van der Waals surface area (Å²) in [5.74, 6) is 1.09. The zero-order valence-electron chi connectivity index (χ0n) is 13.4. The van der Waals surface area contributed by atoms with Gasteiger partial charge in [0.15, 0.2) is 6.04 Å². The fourth-order valence-electron chi connectivity index (χ4n) is 2.84. The number of hydrogen-bond donors (Lipinski definition) is 1. The quantitative estimate of drug-likeness (QED) is 0.840. The van der Waals surface area contributed by atoms with E-state index in [9.17, 15) is 4.79 Å². The number of hydrogen-bond acceptors (Lipinski definition) is 3. The number of amides is 1. The van der Waals surface area contributed by atoms with Crippen molar-refractivity contribution >= 4 is 11.6 Å². The van der Waals surface area contributed by atoms with Gasteiger partial charge >= 0.3 is 0 Å². The molecule has 5 nitrogen and oxygen atoms in total. The number of methoxy groups -OCH3 is 1. The Kier molecular flexibility index (Phi) is 5.07. The molecular formula is C16H26N3O2+. The molecule has 1 aliphatic heterocycles. The SMILES string of the molecule is COc1ccc(N2CC[NH+]([C@@H](C)C(=O)N(C)C)CC2)cc1. The zero-order chi connectivity index (χ0) is 15.4. The first-order valence-electron chi connectivity index (χ1n) is 7.47. The highest BCUT2D eigenvalue weighted by Crippen LogP contribution is 2.18. The van der Waals surface area contributed by atoms with Crippen LogP contribution in [0.1, 0.15) is 6.92 Å². The Hall–Kier alpha value is -1.75. The van der Waals surface area contributed by atoms with Gasteiger partial charge in [0.05, 0.1) is 33.3 Å². The Bertz CT molecular complexity index is 465. The molecule has 1 atom stereocenters. The fourth-order valence-corrected chi connectivity index (χ4v) is 2.84. The van der Waals surface area contributed by atoms with Gasteiger partial charge in [0.25, 0.3) is 5.91 Å². The minimum atomic E-state index is 0.0398. The van der Waals surface area contributed by atoms with Crippen LogP contribution in [0.4, 0.5) is 5.69 Å². The summed E-state index contributed by atoms with van der Waals surface area (Å²) in [5, 5.41) is 0. The van der Waals surface area contributed by atoms with E-state index in [2.05, 4.69) is 17.0 Å². The molecule has 1 aromatic rings. The van der Waals surface area contributed by atoms with Crippen molar-refractivity contribution in [2.45, 2.75) is 13.0 Å². The van der Waals surface area contributed by atoms with Crippen LogP contribution in [0, 0.1) is 0 Å². The Balaban J connectivity index is 1.92. The molecule has 0 aliphatic carbocycles. The van der Waals surface area contributed by atoms with Gasteiger partial charge in [-0.15, -0.1) is 0 Å². The normalized spacial score (nSPS) is 17.4. The summed E-state index contributed by atoms with van der Waals surface area (Å²) in [6.45, 7) is 5.97. The number of nitrogens with one attached hydrogen (secondary N) is 1. The number of anilines is 1. The van der Waals surface area contributed by atoms with Crippen molar-refractivity contribution in [2.24, 2.45) is 0 Å². The molecule has 1 fully saturated rings. The first-order valence-corrected chi connectivity index (χ1v) is 7.47. The van der Waals surface area contributed by atoms with Crippen LogP contribution in [-0.2, 0) is 4.79 Å². The molecule has 1 heterocycles. The van der Waals surface area contributed by atoms with Gasteiger partial charge in [-0.1, -0.05) is 0 Å². The highest BCUT2D eigenvalue weighted by Gasteiger charge is 2.29. The number of nitrogens with zero attached hydrogens (tertiary/aromatic N) is 2. The lowest BCUT2D eigenvalue weighted by molar-refractivity contribution is -0.915. The maximum absolute atomic E-state index is 12.0. The van der Waals surface area contributed by atoms with Crippen LogP contribution in [0.5, 0.6) is 5.75 Å². The third-order valence-corrected chi connectivity index (χ3v) is 4.27. The van der Waals surface area contributed by atoms with Crippen molar-refractivity contribution in [1.82, 2.24) is 4.90 Å². The van der Waals surface area contributed by atoms with Gasteiger partial charge < -0.3 is 19.4 Å². The highest BCUT2D eigenvalue weighted by molar-refractivity contribution is 5.79. The molecule has 0 unspecified atom stereocenters. The second-order valence-corrected chi connectivity index (χ2v) is 5.80. The third kappa shape index (κ3) is 3.67. The Labute approximate surface area is 127 Å². The van der Waals surface area contributed by atoms with Gasteiger partial charge in [-0.25, -0.2) is 0 Å². The third-order valence-electron chi connectivity index (χ3n) is 4.27. The summed E-state index contributed by atoms with van der Waals surface area (Å²) in [6.07, 6.45) is 0. The zero-order valence-corrected chi connectivity index (χ0v) is 13.4. The topological polar surface area (TPSA) is 37.2 Å². The maximum atomic E-state index is 12.0. The number of rotatable bonds is 4. The van der Waals surface area contributed by atoms with E-state index in [0.29, 0.717) is 0 Å². The summed E-state index contributed by atoms with van der Waals surface area (Å²) < 4.78 is 5.19. The van der Waals surface area contributed by atoms with Gasteiger partial charge in [-0.2, -0.15) is 0 Å². The second kappa shape index (κ2) is 6.80. The largest absolute Gasteiger partial charge is 0.497 e. The van der Waals surface area contributed by atoms with Crippen molar-refractivity contribution in [3.8, 4) is 5.75 Å². The van der Waals surface area contributed by atoms with E-state index in [0.717, 1.165) is 31.9 Å². The lowest BCUT2D eigenvalue weighted by atomic mass is 10.2. The maximum Gasteiger partial charge on any atom is 0.280 e. The molecule has 0 radical (unpaired) electrons. The van der Waals surface area contributed by atoms with Gasteiger partial charge in [0.1, 0.15) is 5.75 Å². The lowest BCUT2D eigenvalue weighted by Gasteiger charge is -2.36. The summed E-state index contributed by atoms with van der Waals surface area (Å²) in [4.78, 5) is 17.5. The minimum Gasteiger partial charge on any atom is -0.497 e. The van der Waals surface area contributed by atoms with E-state index in [1.165, 1.54) is 10.6 Å². The van der Waals surface area contributed by atoms with Crippen molar-refractivity contribution in [3.63, 3.8) is 0 Å². The van der Waals surface area contributed by atoms with E-state index in [1.807, 2.05) is 33.2 Å². The van der Waals surface area contributed by atoms with E-state index >= 15 is 0 Å². The Morgan fingerprint density at radius 1 is 1.24 bits per heavy atom. The van der Waals surface area contributed by atoms with Crippen molar-refractivity contribution in [2.75, 3.05) is 52.3 Å². The van der Waals surface area contributed by atoms with Crippen LogP contribution in [0.25, 0.3) is 0 Å². The lowest BCUT2D eigenvalue weighted by Crippen LogP contribution is -3.19. The van der Waals surface area contributed by atoms with Gasteiger partial charge in [0, 0.05) is 19.8 Å². The molecule has 0 saturated carbocycles. The van der Waals surface area contributed by atoms with Crippen LogP contribution >= 0.6 is 0 Å². The summed E-state index contributed by atoms with van der Waals surface area (Å²) in [5.41, 5.74) is 1.22. The molecule has 21 heavy (non-hydrogen) atoms. The molecule has 5 heteroatoms. The minimum absolute atomic E-state index is 0.0398. The molecule has 0 bridgehead atoms. The Morgan fingerprint density at radius 3 is 2.29 bits per heavy atom. The molecule has 1 saturated heterocycles. The smallest absolute Gasteiger partial charge is 0.280 e. The number of benzene rings is 1. The summed E-state index contributed by atoms with van der Waals surface area (Å²) in [7, 11) is 5.33. The highest BCUT2D eigenvalue weighted by atomic mass is 16.5. The van der Waals surface area contributed by atoms with Gasteiger partial charge in [-0.05, 0) is 31.2 Å². The van der Waals surface area contributed by atoms with Gasteiger partial charge in [0.2, 0.25) is 0 Å². The second-order valence-electron chi connectivity index (χ2n) is 5.80. The monoisotopic (exact) mass is 292 g/mol. The van der Waals surface area contributed by atoms with E-state index < -0.39 is 0 Å². The van der Waals surface area contributed by atoms with Crippen LogP contribution in [0.15, 0.2) is 24.3 Å². The molecule has 1 aromatic carbocycles. The Morgan fingerprint density at radius 2 is 1.81 bits per heavy atom. The number of ether oxygens (including phenoxy) is 1. The predicted octanol–water partition coefficient (Wildman–Crippen LogP) is -0.123. The van der Waals surface area contributed by atoms with Crippen LogP contribution in [-0.4, -0.2) is 64.2 Å². The molecule has 1 N–H and O–H groups in total. The van der Waals surface area contributed by atoms with Gasteiger partial charge in [-0.3, -0.25) is 4.79 Å². The number of piperazine rings is 1. The summed E-state index contributed by atoms with van der Waals surface area (Å²) in [6, 6.07) is 8.22. The van der Waals surface area contributed by atoms with E-state index in [1.54, 1.807) is 12.0 Å². The summed E-state index contributed by atoms with van der Waals surface area (Å²) >= 11 is 0. The molecule has 116 valence electrons. The van der Waals surface area contributed by atoms with Crippen molar-refractivity contribution < 1.29 is 14.4 Å². The molecule has 0 aromatic heterocycles. The number of quaternary nitrogens is 1.